The molecule has 0 atom stereocenters. The fourth-order valence-corrected chi connectivity index (χ4v) is 2.84. The molecule has 7 nitrogen and oxygen atoms in total. The van der Waals surface area contributed by atoms with Crippen molar-refractivity contribution >= 4 is 27.1 Å². The lowest BCUT2D eigenvalue weighted by Crippen LogP contribution is -2.38. The molecule has 22 heavy (non-hydrogen) atoms. The van der Waals surface area contributed by atoms with Gasteiger partial charge in [-0.1, -0.05) is 0 Å². The zero-order valence-electron chi connectivity index (χ0n) is 13.5. The summed E-state index contributed by atoms with van der Waals surface area (Å²) in [7, 11) is -1.27. The largest absolute Gasteiger partial charge is 0.379 e. The summed E-state index contributed by atoms with van der Waals surface area (Å²) in [5.74, 6) is 0.708. The number of aryl methyl sites for hydroxylation is 2. The van der Waals surface area contributed by atoms with Gasteiger partial charge in [0.1, 0.15) is 14.8 Å². The first-order valence-electron chi connectivity index (χ1n) is 6.94. The van der Waals surface area contributed by atoms with Crippen LogP contribution in [0.5, 0.6) is 0 Å². The molecule has 9 heteroatoms. The number of rotatable bonds is 8. The number of guanidine groups is 1. The van der Waals surface area contributed by atoms with Crippen molar-refractivity contribution in [3.8, 4) is 0 Å². The highest BCUT2D eigenvalue weighted by molar-refractivity contribution is 7.90. The molecule has 0 fully saturated rings. The summed E-state index contributed by atoms with van der Waals surface area (Å²) in [6.07, 6.45) is 1.20. The summed E-state index contributed by atoms with van der Waals surface area (Å²) in [6, 6.07) is 0. The van der Waals surface area contributed by atoms with Crippen LogP contribution in [0.3, 0.4) is 0 Å². The Hall–Kier alpha value is -1.19. The molecule has 0 aliphatic rings. The van der Waals surface area contributed by atoms with Crippen LogP contribution < -0.4 is 10.6 Å². The van der Waals surface area contributed by atoms with Crippen LogP contribution in [-0.2, 0) is 21.1 Å². The highest BCUT2D eigenvalue weighted by Crippen LogP contribution is 2.15. The molecule has 1 aromatic heterocycles. The van der Waals surface area contributed by atoms with Gasteiger partial charge in [-0.3, -0.25) is 4.99 Å². The highest BCUT2D eigenvalue weighted by Gasteiger charge is 2.05. The number of nitrogens with one attached hydrogen (secondary N) is 2. The second-order valence-electron chi connectivity index (χ2n) is 4.84. The quantitative estimate of drug-likeness (QED) is 0.403. The SMILES string of the molecule is CN=C(NCCOCCS(C)(=O)=O)NCc1nc(C)c(C)s1. The molecule has 1 aromatic rings. The Morgan fingerprint density at radius 3 is 2.59 bits per heavy atom. The smallest absolute Gasteiger partial charge is 0.191 e. The van der Waals surface area contributed by atoms with Gasteiger partial charge in [0.15, 0.2) is 5.96 Å². The van der Waals surface area contributed by atoms with Crippen LogP contribution in [-0.4, -0.2) is 58.2 Å². The summed E-state index contributed by atoms with van der Waals surface area (Å²) in [4.78, 5) is 9.78. The third kappa shape index (κ3) is 7.71. The van der Waals surface area contributed by atoms with E-state index < -0.39 is 9.84 Å². The Balaban J connectivity index is 2.20. The number of sulfone groups is 1. The van der Waals surface area contributed by atoms with Gasteiger partial charge in [-0.25, -0.2) is 13.4 Å². The van der Waals surface area contributed by atoms with Crippen LogP contribution in [0.4, 0.5) is 0 Å². The summed E-state index contributed by atoms with van der Waals surface area (Å²) in [6.45, 7) is 5.86. The number of hydrogen-bond acceptors (Lipinski definition) is 6. The van der Waals surface area contributed by atoms with E-state index >= 15 is 0 Å². The molecule has 0 aromatic carbocycles. The lowest BCUT2D eigenvalue weighted by atomic mass is 10.4. The van der Waals surface area contributed by atoms with Crippen molar-refractivity contribution in [1.82, 2.24) is 15.6 Å². The van der Waals surface area contributed by atoms with E-state index in [0.717, 1.165) is 10.7 Å². The predicted octanol–water partition coefficient (Wildman–Crippen LogP) is 0.486. The Kier molecular flexibility index (Phi) is 7.77. The van der Waals surface area contributed by atoms with Gasteiger partial charge < -0.3 is 15.4 Å². The van der Waals surface area contributed by atoms with Crippen LogP contribution in [0.25, 0.3) is 0 Å². The number of thiazole rings is 1. The molecule has 1 rings (SSSR count). The molecule has 0 spiro atoms. The first-order chi connectivity index (χ1) is 10.3. The van der Waals surface area contributed by atoms with Gasteiger partial charge in [-0.15, -0.1) is 11.3 Å². The topological polar surface area (TPSA) is 92.7 Å². The molecule has 0 saturated heterocycles. The Bertz CT molecular complexity index is 577. The first kappa shape index (κ1) is 18.9. The first-order valence-corrected chi connectivity index (χ1v) is 9.82. The van der Waals surface area contributed by atoms with Crippen molar-refractivity contribution in [3.63, 3.8) is 0 Å². The molecule has 1 heterocycles. The van der Waals surface area contributed by atoms with Crippen LogP contribution in [0.1, 0.15) is 15.6 Å². The van der Waals surface area contributed by atoms with Gasteiger partial charge in [0.05, 0.1) is 31.2 Å². The maximum atomic E-state index is 10.9. The second-order valence-corrected chi connectivity index (χ2v) is 8.39. The molecule has 0 radical (unpaired) electrons. The number of aromatic nitrogens is 1. The maximum absolute atomic E-state index is 10.9. The fraction of sp³-hybridized carbons (Fsp3) is 0.692. The standard InChI is InChI=1S/C13H24N4O3S2/c1-10-11(2)21-12(17-10)9-16-13(14-3)15-5-6-20-7-8-22(4,18)19/h5-9H2,1-4H3,(H2,14,15,16). The third-order valence-corrected chi connectivity index (χ3v) is 4.82. The number of aliphatic imine (C=N–C) groups is 1. The molecule has 126 valence electrons. The minimum absolute atomic E-state index is 0.0444. The van der Waals surface area contributed by atoms with Gasteiger partial charge in [0.25, 0.3) is 0 Å². The van der Waals surface area contributed by atoms with E-state index in [1.165, 1.54) is 11.1 Å². The predicted molar refractivity (Wildman–Crippen MR) is 90.3 cm³/mol. The van der Waals surface area contributed by atoms with Crippen molar-refractivity contribution in [3.05, 3.63) is 15.6 Å². The highest BCUT2D eigenvalue weighted by atomic mass is 32.2. The van der Waals surface area contributed by atoms with Crippen LogP contribution in [0, 0.1) is 13.8 Å². The molecule has 0 saturated carbocycles. The van der Waals surface area contributed by atoms with E-state index in [0.29, 0.717) is 25.7 Å². The van der Waals surface area contributed by atoms with Gasteiger partial charge in [0, 0.05) is 24.7 Å². The number of nitrogens with zero attached hydrogens (tertiary/aromatic N) is 2. The molecular weight excluding hydrogens is 324 g/mol. The zero-order chi connectivity index (χ0) is 16.6. The molecule has 0 amide bonds. The summed E-state index contributed by atoms with van der Waals surface area (Å²) >= 11 is 1.67. The van der Waals surface area contributed by atoms with Crippen LogP contribution in [0.2, 0.25) is 0 Å². The van der Waals surface area contributed by atoms with E-state index in [-0.39, 0.29) is 12.4 Å². The van der Waals surface area contributed by atoms with Crippen molar-refractivity contribution < 1.29 is 13.2 Å². The normalized spacial score (nSPS) is 12.5. The van der Waals surface area contributed by atoms with Crippen molar-refractivity contribution in [1.29, 1.82) is 0 Å². The average molecular weight is 348 g/mol. The fourth-order valence-electron chi connectivity index (χ4n) is 1.55. The Morgan fingerprint density at radius 2 is 2.05 bits per heavy atom. The van der Waals surface area contributed by atoms with Crippen molar-refractivity contribution in [2.24, 2.45) is 4.99 Å². The van der Waals surface area contributed by atoms with Gasteiger partial charge in [0.2, 0.25) is 0 Å². The molecule has 0 unspecified atom stereocenters. The van der Waals surface area contributed by atoms with Crippen LogP contribution in [0.15, 0.2) is 4.99 Å². The molecule has 2 N–H and O–H groups in total. The molecule has 0 aliphatic carbocycles. The third-order valence-electron chi connectivity index (χ3n) is 2.84. The molecular formula is C13H24N4O3S2. The van der Waals surface area contributed by atoms with E-state index in [1.807, 2.05) is 6.92 Å². The minimum atomic E-state index is -2.96. The summed E-state index contributed by atoms with van der Waals surface area (Å²) in [5.41, 5.74) is 1.06. The monoisotopic (exact) mass is 348 g/mol. The van der Waals surface area contributed by atoms with E-state index in [2.05, 4.69) is 27.5 Å². The summed E-state index contributed by atoms with van der Waals surface area (Å²) in [5, 5.41) is 7.29. The van der Waals surface area contributed by atoms with Gasteiger partial charge in [-0.05, 0) is 13.8 Å². The maximum Gasteiger partial charge on any atom is 0.191 e. The minimum Gasteiger partial charge on any atom is -0.379 e. The number of hydrogen-bond donors (Lipinski definition) is 2. The molecule has 0 aliphatic heterocycles. The average Bonchev–Trinajstić information content (AvgIpc) is 2.75. The number of ether oxygens (including phenoxy) is 1. The zero-order valence-corrected chi connectivity index (χ0v) is 15.1. The lowest BCUT2D eigenvalue weighted by Gasteiger charge is -2.11. The van der Waals surface area contributed by atoms with E-state index in [4.69, 9.17) is 4.74 Å². The van der Waals surface area contributed by atoms with E-state index in [1.54, 1.807) is 18.4 Å². The Labute approximate surface area is 136 Å². The van der Waals surface area contributed by atoms with Gasteiger partial charge >= 0.3 is 0 Å². The van der Waals surface area contributed by atoms with Gasteiger partial charge in [-0.2, -0.15) is 0 Å². The van der Waals surface area contributed by atoms with E-state index in [9.17, 15) is 8.42 Å². The molecule has 0 bridgehead atoms. The lowest BCUT2D eigenvalue weighted by molar-refractivity contribution is 0.154. The van der Waals surface area contributed by atoms with Crippen molar-refractivity contribution in [2.45, 2.75) is 20.4 Å². The Morgan fingerprint density at radius 1 is 1.32 bits per heavy atom. The summed E-state index contributed by atoms with van der Waals surface area (Å²) < 4.78 is 27.1. The van der Waals surface area contributed by atoms with Crippen molar-refractivity contribution in [2.75, 3.05) is 38.8 Å². The second kappa shape index (κ2) is 9.06. The van der Waals surface area contributed by atoms with Crippen LogP contribution >= 0.6 is 11.3 Å².